The summed E-state index contributed by atoms with van der Waals surface area (Å²) < 4.78 is 37.3. The number of alkyl halides is 3. The Morgan fingerprint density at radius 3 is 2.35 bits per heavy atom. The zero-order valence-corrected chi connectivity index (χ0v) is 10.9. The summed E-state index contributed by atoms with van der Waals surface area (Å²) in [7, 11) is 0. The zero-order valence-electron chi connectivity index (χ0n) is 10.9. The third kappa shape index (κ3) is 2.39. The largest absolute Gasteiger partial charge is 0.433 e. The molecular formula is C14H15F3N2O. The molecule has 1 aromatic heterocycles. The second kappa shape index (κ2) is 4.75. The van der Waals surface area contributed by atoms with Crippen molar-refractivity contribution in [2.24, 2.45) is 11.8 Å². The lowest BCUT2D eigenvalue weighted by molar-refractivity contribution is -0.141. The van der Waals surface area contributed by atoms with E-state index in [2.05, 4.69) is 4.98 Å². The minimum absolute atomic E-state index is 0.208. The number of halogens is 3. The molecule has 0 bridgehead atoms. The van der Waals surface area contributed by atoms with Gasteiger partial charge in [0.05, 0.1) is 5.56 Å². The first-order valence-corrected chi connectivity index (χ1v) is 6.77. The number of aromatic nitrogens is 1. The summed E-state index contributed by atoms with van der Waals surface area (Å²) in [4.78, 5) is 17.3. The number of hydrogen-bond acceptors (Lipinski definition) is 2. The zero-order chi connectivity index (χ0) is 14.3. The number of hydrogen-bond donors (Lipinski definition) is 0. The molecule has 2 atom stereocenters. The van der Waals surface area contributed by atoms with Gasteiger partial charge in [0.2, 0.25) is 0 Å². The van der Waals surface area contributed by atoms with E-state index in [9.17, 15) is 18.0 Å². The Labute approximate surface area is 114 Å². The van der Waals surface area contributed by atoms with Crippen molar-refractivity contribution in [2.75, 3.05) is 13.1 Å². The van der Waals surface area contributed by atoms with Crippen LogP contribution in [0.3, 0.4) is 0 Å². The van der Waals surface area contributed by atoms with Crippen LogP contribution in [0.25, 0.3) is 0 Å². The van der Waals surface area contributed by atoms with Gasteiger partial charge in [0.1, 0.15) is 5.69 Å². The highest BCUT2D eigenvalue weighted by Gasteiger charge is 2.38. The van der Waals surface area contributed by atoms with E-state index in [0.717, 1.165) is 38.2 Å². The molecule has 3 rings (SSSR count). The molecule has 2 aliphatic rings. The number of nitrogens with zero attached hydrogens (tertiary/aromatic N) is 2. The normalized spacial score (nSPS) is 25.9. The third-order valence-electron chi connectivity index (χ3n) is 4.31. The Hall–Kier alpha value is -1.59. The van der Waals surface area contributed by atoms with Crippen LogP contribution in [0.15, 0.2) is 18.3 Å². The first kappa shape index (κ1) is 13.4. The van der Waals surface area contributed by atoms with Crippen molar-refractivity contribution < 1.29 is 18.0 Å². The van der Waals surface area contributed by atoms with Crippen LogP contribution in [0.4, 0.5) is 13.2 Å². The Kier molecular flexibility index (Phi) is 3.18. The summed E-state index contributed by atoms with van der Waals surface area (Å²) >= 11 is 0. The quantitative estimate of drug-likeness (QED) is 0.794. The van der Waals surface area contributed by atoms with Crippen LogP contribution in [-0.4, -0.2) is 28.9 Å². The lowest BCUT2D eigenvalue weighted by Gasteiger charge is -2.17. The highest BCUT2D eigenvalue weighted by atomic mass is 19.4. The first-order chi connectivity index (χ1) is 9.45. The minimum atomic E-state index is -4.47. The van der Waals surface area contributed by atoms with E-state index in [1.807, 2.05) is 0 Å². The Morgan fingerprint density at radius 1 is 1.20 bits per heavy atom. The van der Waals surface area contributed by atoms with Gasteiger partial charge in [-0.2, -0.15) is 13.2 Å². The van der Waals surface area contributed by atoms with Crippen LogP contribution in [-0.2, 0) is 6.18 Å². The molecule has 2 fully saturated rings. The maximum atomic E-state index is 12.4. The Bertz CT molecular complexity index is 500. The lowest BCUT2D eigenvalue weighted by atomic mass is 10.0. The van der Waals surface area contributed by atoms with Gasteiger partial charge in [-0.15, -0.1) is 0 Å². The van der Waals surface area contributed by atoms with E-state index in [0.29, 0.717) is 11.8 Å². The summed E-state index contributed by atoms with van der Waals surface area (Å²) in [5.41, 5.74) is -0.731. The highest BCUT2D eigenvalue weighted by Crippen LogP contribution is 2.38. The van der Waals surface area contributed by atoms with Crippen LogP contribution >= 0.6 is 0 Å². The maximum Gasteiger partial charge on any atom is 0.433 e. The number of amides is 1. The molecule has 0 radical (unpaired) electrons. The van der Waals surface area contributed by atoms with Crippen molar-refractivity contribution in [3.63, 3.8) is 0 Å². The molecule has 20 heavy (non-hydrogen) atoms. The molecule has 1 aliphatic carbocycles. The van der Waals surface area contributed by atoms with Crippen molar-refractivity contribution in [1.29, 1.82) is 0 Å². The molecule has 1 aliphatic heterocycles. The van der Waals surface area contributed by atoms with Crippen LogP contribution in [0.1, 0.15) is 35.3 Å². The number of rotatable bonds is 1. The Morgan fingerprint density at radius 2 is 1.85 bits per heavy atom. The molecule has 1 amide bonds. The molecule has 2 heterocycles. The van der Waals surface area contributed by atoms with Gasteiger partial charge < -0.3 is 4.90 Å². The molecule has 1 aromatic rings. The molecule has 6 heteroatoms. The third-order valence-corrected chi connectivity index (χ3v) is 4.31. The van der Waals surface area contributed by atoms with Gasteiger partial charge in [-0.25, -0.2) is 0 Å². The van der Waals surface area contributed by atoms with E-state index in [-0.39, 0.29) is 11.5 Å². The van der Waals surface area contributed by atoms with Gasteiger partial charge >= 0.3 is 6.18 Å². The molecule has 0 aromatic carbocycles. The maximum absolute atomic E-state index is 12.4. The summed E-state index contributed by atoms with van der Waals surface area (Å²) in [6.45, 7) is 1.45. The monoisotopic (exact) mass is 284 g/mol. The van der Waals surface area contributed by atoms with E-state index in [1.54, 1.807) is 4.90 Å². The van der Waals surface area contributed by atoms with Crippen molar-refractivity contribution in [2.45, 2.75) is 25.4 Å². The molecule has 108 valence electrons. The van der Waals surface area contributed by atoms with Crippen LogP contribution in [0.2, 0.25) is 0 Å². The van der Waals surface area contributed by atoms with E-state index in [4.69, 9.17) is 0 Å². The first-order valence-electron chi connectivity index (χ1n) is 6.77. The van der Waals surface area contributed by atoms with Gasteiger partial charge in [-0.1, -0.05) is 6.42 Å². The predicted octanol–water partition coefficient (Wildman–Crippen LogP) is 2.97. The van der Waals surface area contributed by atoms with Crippen LogP contribution in [0.5, 0.6) is 0 Å². The summed E-state index contributed by atoms with van der Waals surface area (Å²) in [6.07, 6.45) is 0.0874. The standard InChI is InChI=1S/C14H15F3N2O/c15-14(16,17)12-5-4-9(6-18-12)13(20)19-7-10-2-1-3-11(10)8-19/h4-6,10-11H,1-3,7-8H2. The molecular weight excluding hydrogens is 269 g/mol. The number of likely N-dealkylation sites (tertiary alicyclic amines) is 1. The van der Waals surface area contributed by atoms with Crippen molar-refractivity contribution in [1.82, 2.24) is 9.88 Å². The molecule has 0 N–H and O–H groups in total. The van der Waals surface area contributed by atoms with Gasteiger partial charge in [-0.3, -0.25) is 9.78 Å². The van der Waals surface area contributed by atoms with Crippen molar-refractivity contribution in [3.05, 3.63) is 29.6 Å². The topological polar surface area (TPSA) is 33.2 Å². The second-order valence-electron chi connectivity index (χ2n) is 5.59. The SMILES string of the molecule is O=C(c1ccc(C(F)(F)F)nc1)N1CC2CCCC2C1. The highest BCUT2D eigenvalue weighted by molar-refractivity contribution is 5.94. The molecule has 1 saturated carbocycles. The fourth-order valence-electron chi connectivity index (χ4n) is 3.27. The van der Waals surface area contributed by atoms with E-state index >= 15 is 0 Å². The van der Waals surface area contributed by atoms with Gasteiger partial charge in [0, 0.05) is 19.3 Å². The average molecular weight is 284 g/mol. The lowest BCUT2D eigenvalue weighted by Crippen LogP contribution is -2.29. The smallest absolute Gasteiger partial charge is 0.338 e. The fraction of sp³-hybridized carbons (Fsp3) is 0.571. The van der Waals surface area contributed by atoms with Crippen LogP contribution < -0.4 is 0 Å². The van der Waals surface area contributed by atoms with Gasteiger partial charge in [-0.05, 0) is 36.8 Å². The Balaban J connectivity index is 1.72. The summed E-state index contributed by atoms with van der Waals surface area (Å²) in [6, 6.07) is 2.08. The molecule has 3 nitrogen and oxygen atoms in total. The van der Waals surface area contributed by atoms with Crippen LogP contribution in [0, 0.1) is 11.8 Å². The number of fused-ring (bicyclic) bond motifs is 1. The summed E-state index contributed by atoms with van der Waals surface area (Å²) in [5.74, 6) is 0.934. The second-order valence-corrected chi connectivity index (χ2v) is 5.59. The predicted molar refractivity (Wildman–Crippen MR) is 66.0 cm³/mol. The summed E-state index contributed by atoms with van der Waals surface area (Å²) in [5, 5.41) is 0. The number of pyridine rings is 1. The average Bonchev–Trinajstić information content (AvgIpc) is 2.97. The molecule has 2 unspecified atom stereocenters. The minimum Gasteiger partial charge on any atom is -0.338 e. The van der Waals surface area contributed by atoms with Crippen molar-refractivity contribution in [3.8, 4) is 0 Å². The molecule has 0 spiro atoms. The number of carbonyl (C=O) groups excluding carboxylic acids is 1. The fourth-order valence-corrected chi connectivity index (χ4v) is 3.27. The van der Waals surface area contributed by atoms with Gasteiger partial charge in [0.25, 0.3) is 5.91 Å². The van der Waals surface area contributed by atoms with Crippen molar-refractivity contribution >= 4 is 5.91 Å². The number of carbonyl (C=O) groups is 1. The van der Waals surface area contributed by atoms with Gasteiger partial charge in [0.15, 0.2) is 0 Å². The van der Waals surface area contributed by atoms with E-state index in [1.165, 1.54) is 12.5 Å². The van der Waals surface area contributed by atoms with E-state index < -0.39 is 11.9 Å². The molecule has 1 saturated heterocycles.